The number of nitrogens with one attached hydrogen (secondary N) is 1. The first-order valence-corrected chi connectivity index (χ1v) is 9.34. The van der Waals surface area contributed by atoms with Crippen LogP contribution in [0.4, 0.5) is 9.93 Å². The molecule has 2 heterocycles. The van der Waals surface area contributed by atoms with Gasteiger partial charge in [0.15, 0.2) is 0 Å². The van der Waals surface area contributed by atoms with Crippen LogP contribution in [0.25, 0.3) is 0 Å². The minimum atomic E-state index is -0.192. The van der Waals surface area contributed by atoms with Crippen LogP contribution in [0.2, 0.25) is 0 Å². The summed E-state index contributed by atoms with van der Waals surface area (Å²) < 4.78 is 0. The predicted octanol–water partition coefficient (Wildman–Crippen LogP) is 2.77. The van der Waals surface area contributed by atoms with Gasteiger partial charge in [0.2, 0.25) is 11.0 Å². The fourth-order valence-corrected chi connectivity index (χ4v) is 3.73. The van der Waals surface area contributed by atoms with E-state index < -0.39 is 0 Å². The number of aromatic nitrogens is 2. The number of rotatable bonds is 5. The minimum absolute atomic E-state index is 0.0425. The topological polar surface area (TPSA) is 78.4 Å². The number of nitrogens with zero attached hydrogens (tertiary/aromatic N) is 4. The highest BCUT2D eigenvalue weighted by atomic mass is 32.1. The molecule has 1 aliphatic rings. The van der Waals surface area contributed by atoms with Gasteiger partial charge in [-0.05, 0) is 19.3 Å². The predicted molar refractivity (Wildman–Crippen MR) is 95.2 cm³/mol. The first kappa shape index (κ1) is 18.6. The summed E-state index contributed by atoms with van der Waals surface area (Å²) in [5.74, 6) is 0.0983. The summed E-state index contributed by atoms with van der Waals surface area (Å²) >= 11 is 1.44. The highest BCUT2D eigenvalue weighted by Gasteiger charge is 2.29. The lowest BCUT2D eigenvalue weighted by Gasteiger charge is -2.33. The van der Waals surface area contributed by atoms with Crippen LogP contribution in [-0.2, 0) is 4.79 Å². The van der Waals surface area contributed by atoms with Crippen LogP contribution in [-0.4, -0.2) is 59.1 Å². The van der Waals surface area contributed by atoms with E-state index in [-0.39, 0.29) is 17.9 Å². The molecule has 0 aliphatic carbocycles. The van der Waals surface area contributed by atoms with E-state index in [1.54, 1.807) is 23.9 Å². The highest BCUT2D eigenvalue weighted by Crippen LogP contribution is 2.27. The van der Waals surface area contributed by atoms with E-state index in [1.165, 1.54) is 11.3 Å². The lowest BCUT2D eigenvalue weighted by molar-refractivity contribution is -0.121. The summed E-state index contributed by atoms with van der Waals surface area (Å²) in [6.07, 6.45) is 3.79. The Hall–Kier alpha value is -1.70. The summed E-state index contributed by atoms with van der Waals surface area (Å²) in [6, 6.07) is -0.0425. The molecule has 8 heteroatoms. The first-order chi connectivity index (χ1) is 11.4. The number of hydrogen-bond acceptors (Lipinski definition) is 5. The Kier molecular flexibility index (Phi) is 6.53. The molecule has 0 spiro atoms. The Morgan fingerprint density at radius 2 is 2.17 bits per heavy atom. The van der Waals surface area contributed by atoms with Crippen molar-refractivity contribution in [1.29, 1.82) is 0 Å². The summed E-state index contributed by atoms with van der Waals surface area (Å²) in [5, 5.41) is 12.6. The van der Waals surface area contributed by atoms with Gasteiger partial charge in [-0.2, -0.15) is 0 Å². The number of carbonyl (C=O) groups is 2. The third-order valence-electron chi connectivity index (χ3n) is 4.26. The average molecular weight is 353 g/mol. The summed E-state index contributed by atoms with van der Waals surface area (Å²) in [5.41, 5.74) is 0. The van der Waals surface area contributed by atoms with Crippen molar-refractivity contribution in [1.82, 2.24) is 20.0 Å². The molecule has 1 saturated heterocycles. The van der Waals surface area contributed by atoms with Gasteiger partial charge in [0.05, 0.1) is 5.92 Å². The molecule has 7 nitrogen and oxygen atoms in total. The number of carbonyl (C=O) groups excluding carboxylic acids is 2. The molecule has 0 saturated carbocycles. The molecule has 0 aromatic carbocycles. The van der Waals surface area contributed by atoms with E-state index >= 15 is 0 Å². The molecule has 0 bridgehead atoms. The van der Waals surface area contributed by atoms with Gasteiger partial charge in [-0.3, -0.25) is 4.79 Å². The highest BCUT2D eigenvalue weighted by molar-refractivity contribution is 7.15. The number of likely N-dealkylation sites (tertiary alicyclic amines) is 1. The molecule has 0 unspecified atom stereocenters. The second kappa shape index (κ2) is 8.41. The molecule has 2 rings (SSSR count). The third kappa shape index (κ3) is 4.66. The van der Waals surface area contributed by atoms with Crippen molar-refractivity contribution < 1.29 is 9.59 Å². The molecule has 134 valence electrons. The monoisotopic (exact) mass is 353 g/mol. The van der Waals surface area contributed by atoms with Crippen molar-refractivity contribution in [2.75, 3.05) is 32.5 Å². The van der Waals surface area contributed by atoms with Crippen LogP contribution in [0.15, 0.2) is 0 Å². The third-order valence-corrected chi connectivity index (χ3v) is 5.33. The normalized spacial score (nSPS) is 19.0. The van der Waals surface area contributed by atoms with Crippen LogP contribution in [0.5, 0.6) is 0 Å². The van der Waals surface area contributed by atoms with Crippen molar-refractivity contribution in [3.63, 3.8) is 0 Å². The second-order valence-corrected chi connectivity index (χ2v) is 7.60. The van der Waals surface area contributed by atoms with E-state index in [4.69, 9.17) is 0 Å². The van der Waals surface area contributed by atoms with Gasteiger partial charge < -0.3 is 15.1 Å². The molecule has 1 aromatic rings. The van der Waals surface area contributed by atoms with Crippen LogP contribution >= 0.6 is 11.3 Å². The van der Waals surface area contributed by atoms with Crippen LogP contribution in [0, 0.1) is 5.92 Å². The molecule has 1 aliphatic heterocycles. The van der Waals surface area contributed by atoms with Gasteiger partial charge in [0.25, 0.3) is 0 Å². The number of anilines is 1. The lowest BCUT2D eigenvalue weighted by Crippen LogP contribution is -2.47. The summed E-state index contributed by atoms with van der Waals surface area (Å²) in [6.45, 7) is 5.44. The maximum Gasteiger partial charge on any atom is 0.319 e. The first-order valence-electron chi connectivity index (χ1n) is 8.52. The fourth-order valence-electron chi connectivity index (χ4n) is 2.90. The van der Waals surface area contributed by atoms with Crippen LogP contribution in [0.3, 0.4) is 0 Å². The second-order valence-electron chi connectivity index (χ2n) is 6.59. The Bertz CT molecular complexity index is 575. The molecular weight excluding hydrogens is 326 g/mol. The molecule has 24 heavy (non-hydrogen) atoms. The summed E-state index contributed by atoms with van der Waals surface area (Å²) in [4.78, 5) is 27.8. The molecule has 2 atom stereocenters. The largest absolute Gasteiger partial charge is 0.331 e. The van der Waals surface area contributed by atoms with E-state index in [0.29, 0.717) is 24.1 Å². The number of piperidine rings is 1. The quantitative estimate of drug-likeness (QED) is 0.883. The SMILES string of the molecule is CCC[C@H](C)c1nnc(NC(=O)[C@@H]2CCCN(C(=O)N(C)C)C2)s1. The molecule has 1 aromatic heterocycles. The Morgan fingerprint density at radius 3 is 2.83 bits per heavy atom. The molecule has 1 fully saturated rings. The van der Waals surface area contributed by atoms with E-state index in [1.807, 2.05) is 0 Å². The maximum absolute atomic E-state index is 12.5. The van der Waals surface area contributed by atoms with Gasteiger partial charge in [-0.15, -0.1) is 10.2 Å². The zero-order chi connectivity index (χ0) is 17.7. The van der Waals surface area contributed by atoms with E-state index in [9.17, 15) is 9.59 Å². The zero-order valence-electron chi connectivity index (χ0n) is 14.9. The van der Waals surface area contributed by atoms with Crippen molar-refractivity contribution in [3.8, 4) is 0 Å². The van der Waals surface area contributed by atoms with Gasteiger partial charge in [-0.25, -0.2) is 4.79 Å². The molecule has 1 N–H and O–H groups in total. The summed E-state index contributed by atoms with van der Waals surface area (Å²) in [7, 11) is 3.46. The Labute approximate surface area is 147 Å². The number of urea groups is 1. The van der Waals surface area contributed by atoms with Crippen molar-refractivity contribution >= 4 is 28.4 Å². The smallest absolute Gasteiger partial charge is 0.319 e. The number of hydrogen-bond donors (Lipinski definition) is 1. The fraction of sp³-hybridized carbons (Fsp3) is 0.750. The van der Waals surface area contributed by atoms with Gasteiger partial charge in [-0.1, -0.05) is 31.6 Å². The Balaban J connectivity index is 1.93. The molecular formula is C16H27N5O2S. The van der Waals surface area contributed by atoms with Crippen molar-refractivity contribution in [2.24, 2.45) is 5.92 Å². The standard InChI is InChI=1S/C16H27N5O2S/c1-5-7-11(2)14-18-19-15(24-14)17-13(22)12-8-6-9-21(10-12)16(23)20(3)4/h11-12H,5-10H2,1-4H3,(H,17,19,22)/t11-,12+/m0/s1. The zero-order valence-corrected chi connectivity index (χ0v) is 15.7. The molecule has 3 amide bonds. The van der Waals surface area contributed by atoms with Crippen LogP contribution < -0.4 is 5.32 Å². The van der Waals surface area contributed by atoms with Crippen LogP contribution in [0.1, 0.15) is 50.5 Å². The van der Waals surface area contributed by atoms with Gasteiger partial charge in [0, 0.05) is 33.1 Å². The van der Waals surface area contributed by atoms with Gasteiger partial charge in [0.1, 0.15) is 5.01 Å². The molecule has 0 radical (unpaired) electrons. The number of amides is 3. The van der Waals surface area contributed by atoms with Crippen molar-refractivity contribution in [3.05, 3.63) is 5.01 Å². The Morgan fingerprint density at radius 1 is 1.42 bits per heavy atom. The van der Waals surface area contributed by atoms with Gasteiger partial charge >= 0.3 is 6.03 Å². The average Bonchev–Trinajstić information content (AvgIpc) is 3.03. The van der Waals surface area contributed by atoms with E-state index in [2.05, 4.69) is 29.4 Å². The maximum atomic E-state index is 12.5. The minimum Gasteiger partial charge on any atom is -0.331 e. The van der Waals surface area contributed by atoms with E-state index in [0.717, 1.165) is 30.7 Å². The van der Waals surface area contributed by atoms with Crippen molar-refractivity contribution in [2.45, 2.75) is 45.4 Å². The lowest BCUT2D eigenvalue weighted by atomic mass is 9.97.